The van der Waals surface area contributed by atoms with Crippen molar-refractivity contribution in [2.45, 2.75) is 43.1 Å². The number of ether oxygens (including phenoxy) is 2. The lowest BCUT2D eigenvalue weighted by atomic mass is 10.2. The summed E-state index contributed by atoms with van der Waals surface area (Å²) in [6, 6.07) is 5.39. The highest BCUT2D eigenvalue weighted by Gasteiger charge is 2.23. The summed E-state index contributed by atoms with van der Waals surface area (Å²) >= 11 is 1.77. The van der Waals surface area contributed by atoms with Crippen LogP contribution in [0, 0.1) is 0 Å². The van der Waals surface area contributed by atoms with Crippen LogP contribution < -0.4 is 14.8 Å². The van der Waals surface area contributed by atoms with Gasteiger partial charge in [0.25, 0.3) is 0 Å². The third-order valence-corrected chi connectivity index (χ3v) is 5.21. The van der Waals surface area contributed by atoms with E-state index in [2.05, 4.69) is 5.32 Å². The molecule has 5 heteroatoms. The summed E-state index contributed by atoms with van der Waals surface area (Å²) in [5.74, 6) is 1.35. The smallest absolute Gasteiger partial charge is 0.237 e. The van der Waals surface area contributed by atoms with Crippen LogP contribution in [0.3, 0.4) is 0 Å². The molecule has 0 unspecified atom stereocenters. The van der Waals surface area contributed by atoms with Crippen LogP contribution in [0.2, 0.25) is 0 Å². The van der Waals surface area contributed by atoms with Crippen LogP contribution in [0.25, 0.3) is 0 Å². The molecule has 1 atom stereocenters. The van der Waals surface area contributed by atoms with Gasteiger partial charge in [-0.15, -0.1) is 11.8 Å². The van der Waals surface area contributed by atoms with Gasteiger partial charge < -0.3 is 14.8 Å². The van der Waals surface area contributed by atoms with Gasteiger partial charge in [0.15, 0.2) is 0 Å². The molecular weight excluding hydrogens is 286 g/mol. The molecule has 0 saturated heterocycles. The summed E-state index contributed by atoms with van der Waals surface area (Å²) in [7, 11) is 3.19. The molecule has 0 bridgehead atoms. The summed E-state index contributed by atoms with van der Waals surface area (Å²) < 4.78 is 10.5. The molecule has 21 heavy (non-hydrogen) atoms. The number of methoxy groups -OCH3 is 2. The number of nitrogens with one attached hydrogen (secondary N) is 1. The van der Waals surface area contributed by atoms with Crippen LogP contribution in [-0.4, -0.2) is 30.6 Å². The van der Waals surface area contributed by atoms with Gasteiger partial charge >= 0.3 is 0 Å². The number of anilines is 1. The minimum atomic E-state index is -0.0657. The minimum Gasteiger partial charge on any atom is -0.497 e. The summed E-state index contributed by atoms with van der Waals surface area (Å²) in [4.78, 5) is 12.3. The molecule has 2 rings (SSSR count). The zero-order valence-corrected chi connectivity index (χ0v) is 13.7. The lowest BCUT2D eigenvalue weighted by Crippen LogP contribution is -2.24. The average molecular weight is 309 g/mol. The highest BCUT2D eigenvalue weighted by Crippen LogP contribution is 2.34. The predicted octanol–water partition coefficient (Wildman–Crippen LogP) is 3.71. The molecule has 0 heterocycles. The first-order valence-corrected chi connectivity index (χ1v) is 8.26. The molecule has 1 aliphatic rings. The molecule has 4 nitrogen and oxygen atoms in total. The molecule has 1 aromatic rings. The highest BCUT2D eigenvalue weighted by atomic mass is 32.2. The number of carbonyl (C=O) groups is 1. The fourth-order valence-electron chi connectivity index (χ4n) is 2.52. The maximum Gasteiger partial charge on any atom is 0.237 e. The van der Waals surface area contributed by atoms with E-state index in [1.807, 2.05) is 13.0 Å². The van der Waals surface area contributed by atoms with Gasteiger partial charge in [0.2, 0.25) is 5.91 Å². The van der Waals surface area contributed by atoms with E-state index in [-0.39, 0.29) is 11.2 Å². The Morgan fingerprint density at radius 1 is 1.29 bits per heavy atom. The largest absolute Gasteiger partial charge is 0.497 e. The van der Waals surface area contributed by atoms with E-state index in [9.17, 15) is 4.79 Å². The Morgan fingerprint density at radius 3 is 2.62 bits per heavy atom. The van der Waals surface area contributed by atoms with Gasteiger partial charge in [-0.1, -0.05) is 12.8 Å². The molecule has 1 amide bonds. The van der Waals surface area contributed by atoms with E-state index >= 15 is 0 Å². The summed E-state index contributed by atoms with van der Waals surface area (Å²) in [6.07, 6.45) is 5.03. The molecule has 0 aromatic heterocycles. The monoisotopic (exact) mass is 309 g/mol. The van der Waals surface area contributed by atoms with Gasteiger partial charge in [0.05, 0.1) is 25.2 Å². The van der Waals surface area contributed by atoms with Gasteiger partial charge in [-0.05, 0) is 31.9 Å². The van der Waals surface area contributed by atoms with Crippen molar-refractivity contribution < 1.29 is 14.3 Å². The second-order valence-corrected chi connectivity index (χ2v) is 6.89. The lowest BCUT2D eigenvalue weighted by Gasteiger charge is -2.17. The predicted molar refractivity (Wildman–Crippen MR) is 87.5 cm³/mol. The van der Waals surface area contributed by atoms with E-state index in [4.69, 9.17) is 9.47 Å². The zero-order chi connectivity index (χ0) is 15.2. The third-order valence-electron chi connectivity index (χ3n) is 3.73. The lowest BCUT2D eigenvalue weighted by molar-refractivity contribution is -0.115. The number of carbonyl (C=O) groups excluding carboxylic acids is 1. The standard InChI is InChI=1S/C16H23NO3S/c1-11(21-13-6-4-5-7-13)16(18)17-14-10-12(19-2)8-9-15(14)20-3/h8-11,13H,4-7H2,1-3H3,(H,17,18)/t11-/m0/s1. The second kappa shape index (κ2) is 7.59. The Kier molecular flexibility index (Phi) is 5.79. The molecular formula is C16H23NO3S. The zero-order valence-electron chi connectivity index (χ0n) is 12.8. The van der Waals surface area contributed by atoms with Crippen molar-refractivity contribution >= 4 is 23.4 Å². The fourth-order valence-corrected chi connectivity index (χ4v) is 3.89. The molecule has 1 saturated carbocycles. The van der Waals surface area contributed by atoms with Crippen LogP contribution in [-0.2, 0) is 4.79 Å². The molecule has 1 N–H and O–H groups in total. The van der Waals surface area contributed by atoms with Crippen LogP contribution in [0.1, 0.15) is 32.6 Å². The molecule has 116 valence electrons. The molecule has 1 fully saturated rings. The number of amides is 1. The maximum atomic E-state index is 12.3. The first-order valence-electron chi connectivity index (χ1n) is 7.32. The number of thioether (sulfide) groups is 1. The Morgan fingerprint density at radius 2 is 2.00 bits per heavy atom. The van der Waals surface area contributed by atoms with Gasteiger partial charge in [-0.25, -0.2) is 0 Å². The van der Waals surface area contributed by atoms with Crippen molar-refractivity contribution in [2.24, 2.45) is 0 Å². The van der Waals surface area contributed by atoms with E-state index in [0.29, 0.717) is 22.4 Å². The second-order valence-electron chi connectivity index (χ2n) is 5.24. The quantitative estimate of drug-likeness (QED) is 0.870. The molecule has 1 aliphatic carbocycles. The normalized spacial score (nSPS) is 16.5. The van der Waals surface area contributed by atoms with Crippen LogP contribution in [0.15, 0.2) is 18.2 Å². The van der Waals surface area contributed by atoms with Crippen LogP contribution in [0.4, 0.5) is 5.69 Å². The number of benzene rings is 1. The molecule has 1 aromatic carbocycles. The Balaban J connectivity index is 2.00. The van der Waals surface area contributed by atoms with E-state index in [1.165, 1.54) is 25.7 Å². The molecule has 0 aliphatic heterocycles. The summed E-state index contributed by atoms with van der Waals surface area (Å²) in [5, 5.41) is 3.50. The van der Waals surface area contributed by atoms with Gasteiger partial charge in [0.1, 0.15) is 11.5 Å². The SMILES string of the molecule is COc1ccc(OC)c(NC(=O)[C@H](C)SC2CCCC2)c1. The maximum absolute atomic E-state index is 12.3. The van der Waals surface area contributed by atoms with Crippen molar-refractivity contribution in [2.75, 3.05) is 19.5 Å². The first kappa shape index (κ1) is 16.0. The van der Waals surface area contributed by atoms with Crippen molar-refractivity contribution in [1.29, 1.82) is 0 Å². The van der Waals surface area contributed by atoms with Gasteiger partial charge in [-0.2, -0.15) is 0 Å². The summed E-state index contributed by atoms with van der Waals surface area (Å²) in [6.45, 7) is 1.96. The van der Waals surface area contributed by atoms with Crippen molar-refractivity contribution in [3.05, 3.63) is 18.2 Å². The topological polar surface area (TPSA) is 47.6 Å². The molecule has 0 radical (unpaired) electrons. The van der Waals surface area contributed by atoms with Crippen LogP contribution in [0.5, 0.6) is 11.5 Å². The Labute approximate surface area is 130 Å². The van der Waals surface area contributed by atoms with E-state index in [0.717, 1.165) is 0 Å². The number of hydrogen-bond acceptors (Lipinski definition) is 4. The number of hydrogen-bond donors (Lipinski definition) is 1. The minimum absolute atomic E-state index is 0.0125. The Hall–Kier alpha value is -1.36. The van der Waals surface area contributed by atoms with Crippen LogP contribution >= 0.6 is 11.8 Å². The first-order chi connectivity index (χ1) is 10.1. The average Bonchev–Trinajstić information content (AvgIpc) is 2.99. The summed E-state index contributed by atoms with van der Waals surface area (Å²) in [5.41, 5.74) is 0.653. The van der Waals surface area contributed by atoms with Crippen molar-refractivity contribution in [3.8, 4) is 11.5 Å². The van der Waals surface area contributed by atoms with Gasteiger partial charge in [0, 0.05) is 11.3 Å². The third kappa shape index (κ3) is 4.30. The van der Waals surface area contributed by atoms with E-state index in [1.54, 1.807) is 38.1 Å². The van der Waals surface area contributed by atoms with Crippen molar-refractivity contribution in [1.82, 2.24) is 0 Å². The highest BCUT2D eigenvalue weighted by molar-refractivity contribution is 8.01. The van der Waals surface area contributed by atoms with Gasteiger partial charge in [-0.3, -0.25) is 4.79 Å². The van der Waals surface area contributed by atoms with Crippen molar-refractivity contribution in [3.63, 3.8) is 0 Å². The number of rotatable bonds is 6. The molecule has 0 spiro atoms. The van der Waals surface area contributed by atoms with E-state index < -0.39 is 0 Å². The Bertz CT molecular complexity index is 486. The fraction of sp³-hybridized carbons (Fsp3) is 0.562.